The first-order valence-electron chi connectivity index (χ1n) is 23.6. The minimum absolute atomic E-state index is 0.0215. The van der Waals surface area contributed by atoms with E-state index in [9.17, 15) is 34.5 Å². The molecular weight excluding hydrogens is 835 g/mol. The van der Waals surface area contributed by atoms with Gasteiger partial charge in [-0.15, -0.1) is 0 Å². The summed E-state index contributed by atoms with van der Waals surface area (Å²) in [6.45, 7) is 9.58. The van der Waals surface area contributed by atoms with Crippen LogP contribution < -0.4 is 4.74 Å². The summed E-state index contributed by atoms with van der Waals surface area (Å²) < 4.78 is 35.9. The van der Waals surface area contributed by atoms with Gasteiger partial charge in [-0.05, 0) is 108 Å². The molecule has 5 rings (SSSR count). The molecule has 0 unspecified atom stereocenters. The van der Waals surface area contributed by atoms with Gasteiger partial charge in [0, 0.05) is 52.0 Å². The lowest BCUT2D eigenvalue weighted by molar-refractivity contribution is -0.302. The number of hydrogen-bond donors (Lipinski definition) is 3. The fraction of sp³-hybridized carbons (Fsp3) is 0.686. The molecule has 3 aliphatic heterocycles. The van der Waals surface area contributed by atoms with Crippen LogP contribution in [0.1, 0.15) is 105 Å². The Hall–Kier alpha value is -3.76. The largest absolute Gasteiger partial charge is 0.490 e. The summed E-state index contributed by atoms with van der Waals surface area (Å²) in [6.07, 6.45) is 6.75. The van der Waals surface area contributed by atoms with E-state index in [1.54, 1.807) is 21.0 Å². The van der Waals surface area contributed by atoms with Crippen molar-refractivity contribution in [1.29, 1.82) is 0 Å². The summed E-state index contributed by atoms with van der Waals surface area (Å²) in [5.74, 6) is -7.23. The second-order valence-electron chi connectivity index (χ2n) is 19.1. The van der Waals surface area contributed by atoms with Crippen LogP contribution in [0.3, 0.4) is 0 Å². The molecule has 4 aliphatic rings. The van der Waals surface area contributed by atoms with Crippen molar-refractivity contribution in [2.45, 2.75) is 160 Å². The van der Waals surface area contributed by atoms with Crippen LogP contribution in [-0.4, -0.2) is 133 Å². The van der Waals surface area contributed by atoms with Crippen LogP contribution in [0.5, 0.6) is 5.75 Å². The molecule has 3 fully saturated rings. The van der Waals surface area contributed by atoms with Crippen molar-refractivity contribution in [1.82, 2.24) is 4.90 Å². The van der Waals surface area contributed by atoms with Gasteiger partial charge in [0.2, 0.25) is 5.79 Å². The minimum Gasteiger partial charge on any atom is -0.490 e. The molecule has 0 spiro atoms. The topological polar surface area (TPSA) is 188 Å². The number of carbonyl (C=O) groups is 4. The molecule has 0 radical (unpaired) electrons. The average molecular weight is 910 g/mol. The van der Waals surface area contributed by atoms with Crippen molar-refractivity contribution in [3.05, 3.63) is 65.8 Å². The molecule has 1 aromatic rings. The third kappa shape index (κ3) is 13.5. The minimum atomic E-state index is -2.53. The number of methoxy groups -OCH3 is 3. The maximum atomic E-state index is 14.5. The Balaban J connectivity index is 1.52. The van der Waals surface area contributed by atoms with Crippen molar-refractivity contribution in [2.24, 2.45) is 29.6 Å². The number of aliphatic hydroxyl groups is 3. The van der Waals surface area contributed by atoms with Gasteiger partial charge in [-0.25, -0.2) is 4.79 Å². The lowest BCUT2D eigenvalue weighted by Gasteiger charge is -2.47. The summed E-state index contributed by atoms with van der Waals surface area (Å²) in [7, 11) is 4.62. The Labute approximate surface area is 385 Å². The molecule has 14 nitrogen and oxygen atoms in total. The van der Waals surface area contributed by atoms with Gasteiger partial charge in [0.25, 0.3) is 11.7 Å². The number of fused-ring (bicyclic) bond motifs is 3. The van der Waals surface area contributed by atoms with Crippen LogP contribution >= 0.6 is 0 Å². The molecule has 0 aromatic heterocycles. The molecule has 1 aliphatic carbocycles. The Morgan fingerprint density at radius 1 is 0.862 bits per heavy atom. The monoisotopic (exact) mass is 910 g/mol. The Bertz CT molecular complexity index is 1830. The third-order valence-corrected chi connectivity index (χ3v) is 14.1. The van der Waals surface area contributed by atoms with Crippen molar-refractivity contribution in [3.63, 3.8) is 0 Å². The van der Waals surface area contributed by atoms with E-state index in [2.05, 4.69) is 0 Å². The summed E-state index contributed by atoms with van der Waals surface area (Å²) >= 11 is 0. The summed E-state index contributed by atoms with van der Waals surface area (Å²) in [6, 6.07) is 8.28. The SMILES string of the molecule is CO[C@H]1C[C@@H](C)C/C(C)=C/[C@@H](C/C=C/COc2ccccc2)C(=O)C[C@H](O)[C@@H](C)[C@@H](/C(C)=C/[C@@H]2CC[C@@H](O)[C@H](OC)C2)OC(=O)[C@@H]2CCCCN2C(=O)C(=O)[C@]2(O)O[C@H]1[C@@H](OC)C[C@H]2C. The molecule has 362 valence electrons. The first-order chi connectivity index (χ1) is 31.0. The fourth-order valence-corrected chi connectivity index (χ4v) is 10.2. The van der Waals surface area contributed by atoms with Crippen LogP contribution in [0.2, 0.25) is 0 Å². The summed E-state index contributed by atoms with van der Waals surface area (Å²) in [5.41, 5.74) is 1.59. The van der Waals surface area contributed by atoms with E-state index < -0.39 is 83.9 Å². The van der Waals surface area contributed by atoms with E-state index in [0.717, 1.165) is 11.3 Å². The van der Waals surface area contributed by atoms with Gasteiger partial charge in [0.15, 0.2) is 0 Å². The maximum Gasteiger partial charge on any atom is 0.329 e. The van der Waals surface area contributed by atoms with Crippen molar-refractivity contribution < 1.29 is 62.9 Å². The lowest BCUT2D eigenvalue weighted by atomic mass is 9.81. The van der Waals surface area contributed by atoms with E-state index in [4.69, 9.17) is 28.4 Å². The highest BCUT2D eigenvalue weighted by Crippen LogP contribution is 2.39. The van der Waals surface area contributed by atoms with E-state index in [1.807, 2.05) is 75.4 Å². The van der Waals surface area contributed by atoms with E-state index in [1.165, 1.54) is 19.1 Å². The molecule has 14 atom stereocenters. The second-order valence-corrected chi connectivity index (χ2v) is 19.1. The van der Waals surface area contributed by atoms with Crippen molar-refractivity contribution in [2.75, 3.05) is 34.5 Å². The van der Waals surface area contributed by atoms with Crippen LogP contribution in [0.15, 0.2) is 65.8 Å². The van der Waals surface area contributed by atoms with Crippen molar-refractivity contribution in [3.8, 4) is 5.75 Å². The van der Waals surface area contributed by atoms with Crippen LogP contribution in [0.25, 0.3) is 0 Å². The number of nitrogens with zero attached hydrogens (tertiary/aromatic N) is 1. The number of amides is 1. The number of rotatable bonds is 10. The standard InChI is InChI=1S/C51H75NO13/c1-31-24-32(2)26-44(61-7)47-45(62-8)28-34(4)51(59,65-47)48(56)49(57)52-22-14-12-19-39(52)50(58)64-46(33(3)27-36-20-21-40(53)43(29-36)60-6)35(5)41(54)30-42(55)37(25-31)16-13-15-23-63-38-17-10-9-11-18-38/h9-11,13,15,17-18,25,27,32,34-37,39-41,43-47,53-54,59H,12,14,16,19-24,26,28-30H2,1-8H3/b15-13+,31-25+,33-27+/t32-,34+,35+,36-,37+,39-,40+,41-,43+,44-,45-,46+,47+,51+/m0/s1. The number of allylic oxidation sites excluding steroid dienone is 4. The van der Waals surface area contributed by atoms with Gasteiger partial charge in [0.05, 0.1) is 30.5 Å². The number of benzene rings is 1. The van der Waals surface area contributed by atoms with Gasteiger partial charge < -0.3 is 48.6 Å². The number of piperidine rings is 1. The zero-order valence-electron chi connectivity index (χ0n) is 39.8. The number of hydrogen-bond acceptors (Lipinski definition) is 13. The highest BCUT2D eigenvalue weighted by atomic mass is 16.7. The Morgan fingerprint density at radius 2 is 1.55 bits per heavy atom. The highest BCUT2D eigenvalue weighted by molar-refractivity contribution is 6.39. The zero-order valence-corrected chi connectivity index (χ0v) is 39.8. The predicted molar refractivity (Wildman–Crippen MR) is 243 cm³/mol. The molecule has 1 aromatic carbocycles. The number of cyclic esters (lactones) is 1. The first-order valence-corrected chi connectivity index (χ1v) is 23.6. The Morgan fingerprint density at radius 3 is 2.25 bits per heavy atom. The smallest absolute Gasteiger partial charge is 0.329 e. The predicted octanol–water partition coefficient (Wildman–Crippen LogP) is 6.09. The molecule has 3 N–H and O–H groups in total. The maximum absolute atomic E-state index is 14.5. The number of esters is 1. The molecule has 14 heteroatoms. The van der Waals surface area contributed by atoms with E-state index >= 15 is 0 Å². The van der Waals surface area contributed by atoms with Gasteiger partial charge in [-0.2, -0.15) is 0 Å². The van der Waals surface area contributed by atoms with Crippen LogP contribution in [0, 0.1) is 29.6 Å². The summed E-state index contributed by atoms with van der Waals surface area (Å²) in [4.78, 5) is 58.7. The van der Waals surface area contributed by atoms with Gasteiger partial charge in [-0.3, -0.25) is 14.4 Å². The first kappa shape index (κ1) is 52.2. The second kappa shape index (κ2) is 24.3. The molecule has 1 amide bonds. The molecule has 1 saturated carbocycles. The fourth-order valence-electron chi connectivity index (χ4n) is 10.2. The average Bonchev–Trinajstić information content (AvgIpc) is 3.29. The molecule has 65 heavy (non-hydrogen) atoms. The Kier molecular flexibility index (Phi) is 19.5. The number of Topliss-reactive ketones (excluding diaryl/α,β-unsaturated/α-hetero) is 2. The van der Waals surface area contributed by atoms with Gasteiger partial charge >= 0.3 is 5.97 Å². The van der Waals surface area contributed by atoms with Gasteiger partial charge in [0.1, 0.15) is 36.4 Å². The number of aliphatic hydroxyl groups excluding tert-OH is 2. The van der Waals surface area contributed by atoms with Crippen molar-refractivity contribution >= 4 is 23.4 Å². The number of para-hydroxylation sites is 1. The molecular formula is C51H75NO13. The quantitative estimate of drug-likeness (QED) is 0.139. The highest BCUT2D eigenvalue weighted by Gasteiger charge is 2.56. The number of carbonyl (C=O) groups excluding carboxylic acids is 4. The van der Waals surface area contributed by atoms with Gasteiger partial charge in [-0.1, -0.05) is 68.8 Å². The lowest BCUT2D eigenvalue weighted by Crippen LogP contribution is -2.64. The van der Waals surface area contributed by atoms with Crippen LogP contribution in [0.4, 0.5) is 0 Å². The summed E-state index contributed by atoms with van der Waals surface area (Å²) in [5, 5.41) is 34.6. The molecule has 2 bridgehead atoms. The normalized spacial score (nSPS) is 37.5. The molecule has 2 saturated heterocycles. The third-order valence-electron chi connectivity index (χ3n) is 14.1. The van der Waals surface area contributed by atoms with E-state index in [0.29, 0.717) is 63.5 Å². The van der Waals surface area contributed by atoms with Crippen LogP contribution in [-0.2, 0) is 42.9 Å². The van der Waals surface area contributed by atoms with E-state index in [-0.39, 0.29) is 49.5 Å². The number of ketones is 2. The number of ether oxygens (including phenoxy) is 6. The zero-order chi connectivity index (χ0) is 47.4. The molecule has 3 heterocycles.